The molecule has 18 heavy (non-hydrogen) atoms. The molecule has 1 rings (SSSR count). The van der Waals surface area contributed by atoms with Crippen LogP contribution in [0.25, 0.3) is 0 Å². The molecule has 0 heterocycles. The van der Waals surface area contributed by atoms with Gasteiger partial charge in [0.1, 0.15) is 11.9 Å². The van der Waals surface area contributed by atoms with E-state index in [2.05, 4.69) is 15.9 Å². The predicted molar refractivity (Wildman–Crippen MR) is 70.9 cm³/mol. The van der Waals surface area contributed by atoms with Crippen LogP contribution in [-0.4, -0.2) is 30.7 Å². The maximum Gasteiger partial charge on any atom is 0.183 e. The molecule has 5 heteroatoms. The third-order valence-electron chi connectivity index (χ3n) is 2.41. The highest BCUT2D eigenvalue weighted by Gasteiger charge is 2.21. The second kappa shape index (κ2) is 7.84. The lowest BCUT2D eigenvalue weighted by molar-refractivity contribution is -0.188. The minimum atomic E-state index is -0.895. The molecule has 1 aromatic carbocycles. The normalized spacial score (nSPS) is 13.0. The summed E-state index contributed by atoms with van der Waals surface area (Å²) >= 11 is 3.27. The third-order valence-corrected chi connectivity index (χ3v) is 2.91. The summed E-state index contributed by atoms with van der Waals surface area (Å²) in [5, 5.41) is 10.0. The number of aliphatic hydroxyl groups is 1. The Kier molecular flexibility index (Phi) is 6.78. The average molecular weight is 321 g/mol. The number of ether oxygens (including phenoxy) is 2. The van der Waals surface area contributed by atoms with E-state index in [4.69, 9.17) is 9.47 Å². The first-order valence-electron chi connectivity index (χ1n) is 5.93. The summed E-state index contributed by atoms with van der Waals surface area (Å²) < 4.78 is 24.9. The van der Waals surface area contributed by atoms with Crippen LogP contribution in [0.5, 0.6) is 0 Å². The first kappa shape index (κ1) is 15.6. The molecule has 1 unspecified atom stereocenters. The van der Waals surface area contributed by atoms with Crippen molar-refractivity contribution in [3.05, 3.63) is 34.1 Å². The van der Waals surface area contributed by atoms with E-state index in [0.717, 1.165) is 4.47 Å². The Bertz CT molecular complexity index is 367. The largest absolute Gasteiger partial charge is 0.387 e. The van der Waals surface area contributed by atoms with E-state index >= 15 is 0 Å². The monoisotopic (exact) mass is 320 g/mol. The van der Waals surface area contributed by atoms with Gasteiger partial charge in [-0.1, -0.05) is 15.9 Å². The van der Waals surface area contributed by atoms with Crippen molar-refractivity contribution in [2.75, 3.05) is 13.2 Å². The highest BCUT2D eigenvalue weighted by Crippen LogP contribution is 2.18. The van der Waals surface area contributed by atoms with Gasteiger partial charge in [0.05, 0.1) is 0 Å². The van der Waals surface area contributed by atoms with Gasteiger partial charge < -0.3 is 14.6 Å². The Morgan fingerprint density at radius 1 is 1.28 bits per heavy atom. The minimum Gasteiger partial charge on any atom is -0.387 e. The Hall–Kier alpha value is -0.490. The predicted octanol–water partition coefficient (Wildman–Crippen LogP) is 2.89. The smallest absolute Gasteiger partial charge is 0.183 e. The van der Waals surface area contributed by atoms with Gasteiger partial charge in [-0.3, -0.25) is 0 Å². The molecule has 102 valence electrons. The molecule has 1 aromatic rings. The molecule has 0 aliphatic carbocycles. The van der Waals surface area contributed by atoms with Gasteiger partial charge in [0.25, 0.3) is 0 Å². The zero-order chi connectivity index (χ0) is 13.5. The SMILES string of the molecule is CCOC(OCC)C(O)Cc1cc(Br)ccc1F. The first-order chi connectivity index (χ1) is 8.58. The summed E-state index contributed by atoms with van der Waals surface area (Å²) in [5.41, 5.74) is 0.432. The summed E-state index contributed by atoms with van der Waals surface area (Å²) in [6, 6.07) is 4.63. The molecule has 1 N–H and O–H groups in total. The molecule has 1 atom stereocenters. The molecule has 0 aromatic heterocycles. The van der Waals surface area contributed by atoms with Gasteiger partial charge in [-0.15, -0.1) is 0 Å². The summed E-state index contributed by atoms with van der Waals surface area (Å²) in [6.07, 6.45) is -1.47. The van der Waals surface area contributed by atoms with Crippen molar-refractivity contribution in [2.45, 2.75) is 32.7 Å². The van der Waals surface area contributed by atoms with E-state index in [9.17, 15) is 9.50 Å². The van der Waals surface area contributed by atoms with Crippen molar-refractivity contribution in [2.24, 2.45) is 0 Å². The molecule has 0 bridgehead atoms. The van der Waals surface area contributed by atoms with Gasteiger partial charge >= 0.3 is 0 Å². The maximum atomic E-state index is 13.6. The standard InChI is InChI=1S/C13H18BrFO3/c1-3-17-13(18-4-2)12(16)8-9-7-10(14)5-6-11(9)15/h5-7,12-13,16H,3-4,8H2,1-2H3. The fourth-order valence-corrected chi connectivity index (χ4v) is 2.03. The summed E-state index contributed by atoms with van der Waals surface area (Å²) in [4.78, 5) is 0. The lowest BCUT2D eigenvalue weighted by atomic mass is 10.1. The van der Waals surface area contributed by atoms with Gasteiger partial charge in [0.15, 0.2) is 6.29 Å². The van der Waals surface area contributed by atoms with E-state index in [0.29, 0.717) is 18.8 Å². The number of hydrogen-bond acceptors (Lipinski definition) is 3. The molecule has 0 aliphatic rings. The Balaban J connectivity index is 2.71. The topological polar surface area (TPSA) is 38.7 Å². The van der Waals surface area contributed by atoms with E-state index in [1.165, 1.54) is 6.07 Å². The van der Waals surface area contributed by atoms with Crippen LogP contribution in [0.4, 0.5) is 4.39 Å². The third kappa shape index (κ3) is 4.65. The minimum absolute atomic E-state index is 0.149. The fourth-order valence-electron chi connectivity index (χ4n) is 1.62. The molecular formula is C13H18BrFO3. The maximum absolute atomic E-state index is 13.6. The quantitative estimate of drug-likeness (QED) is 0.785. The first-order valence-corrected chi connectivity index (χ1v) is 6.73. The molecule has 3 nitrogen and oxygen atoms in total. The summed E-state index contributed by atoms with van der Waals surface area (Å²) in [5.74, 6) is -0.344. The second-order valence-electron chi connectivity index (χ2n) is 3.79. The molecule has 0 amide bonds. The average Bonchev–Trinajstić information content (AvgIpc) is 2.33. The molecule has 0 spiro atoms. The zero-order valence-corrected chi connectivity index (χ0v) is 12.1. The van der Waals surface area contributed by atoms with Crippen molar-refractivity contribution >= 4 is 15.9 Å². The number of hydrogen-bond donors (Lipinski definition) is 1. The van der Waals surface area contributed by atoms with E-state index in [1.807, 2.05) is 13.8 Å². The molecular weight excluding hydrogens is 303 g/mol. The van der Waals surface area contributed by atoms with Crippen LogP contribution in [0.1, 0.15) is 19.4 Å². The Labute approximate surface area is 115 Å². The van der Waals surface area contributed by atoms with Crippen molar-refractivity contribution in [3.63, 3.8) is 0 Å². The van der Waals surface area contributed by atoms with Crippen LogP contribution in [0.2, 0.25) is 0 Å². The highest BCUT2D eigenvalue weighted by molar-refractivity contribution is 9.10. The second-order valence-corrected chi connectivity index (χ2v) is 4.70. The lowest BCUT2D eigenvalue weighted by Gasteiger charge is -2.22. The van der Waals surface area contributed by atoms with Crippen molar-refractivity contribution in [3.8, 4) is 0 Å². The Morgan fingerprint density at radius 3 is 2.44 bits per heavy atom. The number of benzene rings is 1. The van der Waals surface area contributed by atoms with Crippen LogP contribution in [-0.2, 0) is 15.9 Å². The van der Waals surface area contributed by atoms with Gasteiger partial charge in [-0.25, -0.2) is 4.39 Å². The van der Waals surface area contributed by atoms with Crippen molar-refractivity contribution in [1.82, 2.24) is 0 Å². The van der Waals surface area contributed by atoms with Gasteiger partial charge in [0, 0.05) is 24.1 Å². The number of aliphatic hydroxyl groups excluding tert-OH is 1. The number of halogens is 2. The van der Waals surface area contributed by atoms with Gasteiger partial charge in [-0.2, -0.15) is 0 Å². The van der Waals surface area contributed by atoms with Crippen LogP contribution >= 0.6 is 15.9 Å². The number of rotatable bonds is 7. The molecule has 0 radical (unpaired) electrons. The van der Waals surface area contributed by atoms with E-state index < -0.39 is 12.4 Å². The van der Waals surface area contributed by atoms with Crippen molar-refractivity contribution in [1.29, 1.82) is 0 Å². The van der Waals surface area contributed by atoms with Crippen LogP contribution < -0.4 is 0 Å². The zero-order valence-electron chi connectivity index (χ0n) is 10.5. The summed E-state index contributed by atoms with van der Waals surface area (Å²) in [7, 11) is 0. The van der Waals surface area contributed by atoms with E-state index in [1.54, 1.807) is 12.1 Å². The van der Waals surface area contributed by atoms with Crippen LogP contribution in [0.15, 0.2) is 22.7 Å². The lowest BCUT2D eigenvalue weighted by Crippen LogP contribution is -2.33. The molecule has 0 saturated carbocycles. The van der Waals surface area contributed by atoms with Gasteiger partial charge in [-0.05, 0) is 37.6 Å². The van der Waals surface area contributed by atoms with Crippen molar-refractivity contribution < 1.29 is 19.0 Å². The summed E-state index contributed by atoms with van der Waals surface area (Å²) in [6.45, 7) is 4.50. The van der Waals surface area contributed by atoms with E-state index in [-0.39, 0.29) is 12.2 Å². The van der Waals surface area contributed by atoms with Crippen LogP contribution in [0.3, 0.4) is 0 Å². The Morgan fingerprint density at radius 2 is 1.89 bits per heavy atom. The molecule has 0 fully saturated rings. The highest BCUT2D eigenvalue weighted by atomic mass is 79.9. The molecule has 0 aliphatic heterocycles. The molecule has 0 saturated heterocycles. The fraction of sp³-hybridized carbons (Fsp3) is 0.538. The van der Waals surface area contributed by atoms with Crippen LogP contribution in [0, 0.1) is 5.82 Å². The van der Waals surface area contributed by atoms with Gasteiger partial charge in [0.2, 0.25) is 0 Å².